The summed E-state index contributed by atoms with van der Waals surface area (Å²) in [4.78, 5) is 31.8. The maximum absolute atomic E-state index is 13.2. The number of methoxy groups -OCH3 is 2. The summed E-state index contributed by atoms with van der Waals surface area (Å²) >= 11 is 12.5. The first kappa shape index (κ1) is 23.6. The molecule has 1 atom stereocenters. The molecule has 1 aliphatic heterocycles. The van der Waals surface area contributed by atoms with Gasteiger partial charge in [0.05, 0.1) is 35.9 Å². The number of aromatic nitrogens is 1. The van der Waals surface area contributed by atoms with Crippen LogP contribution in [0.3, 0.4) is 0 Å². The lowest BCUT2D eigenvalue weighted by atomic mass is 9.95. The van der Waals surface area contributed by atoms with E-state index in [0.29, 0.717) is 11.3 Å². The third kappa shape index (κ3) is 4.32. The zero-order valence-corrected chi connectivity index (χ0v) is 19.8. The third-order valence-corrected chi connectivity index (χ3v) is 6.09. The average Bonchev–Trinajstić information content (AvgIpc) is 3.09. The summed E-state index contributed by atoms with van der Waals surface area (Å²) in [6, 6.07) is 12.6. The van der Waals surface area contributed by atoms with Crippen LogP contribution in [0, 0.1) is 0 Å². The van der Waals surface area contributed by atoms with Crippen LogP contribution in [0.2, 0.25) is 10.0 Å². The number of hydrogen-bond acceptors (Lipinski definition) is 6. The van der Waals surface area contributed by atoms with E-state index in [2.05, 4.69) is 4.98 Å². The number of rotatable bonds is 6. The minimum Gasteiger partial charge on any atom is -0.507 e. The summed E-state index contributed by atoms with van der Waals surface area (Å²) in [6.45, 7) is 0.121. The van der Waals surface area contributed by atoms with Crippen molar-refractivity contribution in [2.24, 2.45) is 0 Å². The predicted octanol–water partition coefficient (Wildman–Crippen LogP) is 5.03. The van der Waals surface area contributed by atoms with Gasteiger partial charge in [-0.3, -0.25) is 14.6 Å². The molecule has 174 valence electrons. The molecule has 2 aromatic carbocycles. The summed E-state index contributed by atoms with van der Waals surface area (Å²) in [7, 11) is 2.97. The number of nitrogens with zero attached hydrogens (tertiary/aromatic N) is 2. The monoisotopic (exact) mass is 498 g/mol. The van der Waals surface area contributed by atoms with Gasteiger partial charge in [-0.1, -0.05) is 35.3 Å². The van der Waals surface area contributed by atoms with Gasteiger partial charge in [0.15, 0.2) is 5.75 Å². The van der Waals surface area contributed by atoms with E-state index in [1.165, 1.54) is 24.1 Å². The molecule has 2 heterocycles. The van der Waals surface area contributed by atoms with Crippen LogP contribution in [0.15, 0.2) is 66.5 Å². The Labute approximate surface area is 206 Å². The molecule has 9 heteroatoms. The number of Topliss-reactive ketones (excluding diaryl/α,β-unsaturated/α-hetero) is 1. The standard InChI is InChI=1S/C25H20Cl2N2O5/c1-33-17-5-3-4-14(10-17)13-29-21(15-6-8-28-9-7-15)20(23(31)25(29)32)22(30)16-11-18(26)24(34-2)19(27)12-16/h3-12,21,30H,13H2,1-2H3/b22-20+. The van der Waals surface area contributed by atoms with Crippen molar-refractivity contribution >= 4 is 40.7 Å². The number of hydrogen-bond donors (Lipinski definition) is 1. The number of carbonyl (C=O) groups excluding carboxylic acids is 2. The van der Waals surface area contributed by atoms with Gasteiger partial charge in [0.2, 0.25) is 0 Å². The highest BCUT2D eigenvalue weighted by atomic mass is 35.5. The normalized spacial score (nSPS) is 17.2. The van der Waals surface area contributed by atoms with Crippen molar-refractivity contribution in [2.45, 2.75) is 12.6 Å². The molecule has 34 heavy (non-hydrogen) atoms. The Morgan fingerprint density at radius 2 is 1.71 bits per heavy atom. The van der Waals surface area contributed by atoms with Crippen LogP contribution in [-0.4, -0.2) is 40.9 Å². The van der Waals surface area contributed by atoms with Crippen molar-refractivity contribution in [3.63, 3.8) is 0 Å². The molecule has 4 rings (SSSR count). The first-order chi connectivity index (χ1) is 16.3. The number of carbonyl (C=O) groups is 2. The van der Waals surface area contributed by atoms with Gasteiger partial charge in [-0.2, -0.15) is 0 Å². The Bertz CT molecular complexity index is 1270. The van der Waals surface area contributed by atoms with Crippen LogP contribution in [0.1, 0.15) is 22.7 Å². The number of likely N-dealkylation sites (tertiary alicyclic amines) is 1. The highest BCUT2D eigenvalue weighted by Crippen LogP contribution is 2.42. The summed E-state index contributed by atoms with van der Waals surface area (Å²) in [5, 5.41) is 11.5. The zero-order chi connectivity index (χ0) is 24.4. The van der Waals surface area contributed by atoms with Crippen LogP contribution < -0.4 is 9.47 Å². The van der Waals surface area contributed by atoms with E-state index >= 15 is 0 Å². The molecule has 1 amide bonds. The molecule has 7 nitrogen and oxygen atoms in total. The summed E-state index contributed by atoms with van der Waals surface area (Å²) in [5.41, 5.74) is 1.49. The lowest BCUT2D eigenvalue weighted by Crippen LogP contribution is -2.29. The van der Waals surface area contributed by atoms with Gasteiger partial charge in [0, 0.05) is 24.5 Å². The lowest BCUT2D eigenvalue weighted by Gasteiger charge is -2.25. The molecular weight excluding hydrogens is 479 g/mol. The lowest BCUT2D eigenvalue weighted by molar-refractivity contribution is -0.140. The molecule has 0 radical (unpaired) electrons. The largest absolute Gasteiger partial charge is 0.507 e. The van der Waals surface area contributed by atoms with Crippen molar-refractivity contribution in [3.8, 4) is 11.5 Å². The molecule has 1 fully saturated rings. The van der Waals surface area contributed by atoms with Crippen molar-refractivity contribution < 1.29 is 24.2 Å². The van der Waals surface area contributed by atoms with Crippen molar-refractivity contribution in [1.29, 1.82) is 0 Å². The van der Waals surface area contributed by atoms with Crippen molar-refractivity contribution in [1.82, 2.24) is 9.88 Å². The Morgan fingerprint density at radius 3 is 2.32 bits per heavy atom. The summed E-state index contributed by atoms with van der Waals surface area (Å²) in [5.74, 6) is -1.08. The SMILES string of the molecule is COc1cccc(CN2C(=O)C(=O)/C(=C(/O)c3cc(Cl)c(OC)c(Cl)c3)C2c2ccncc2)c1. The smallest absolute Gasteiger partial charge is 0.295 e. The van der Waals surface area contributed by atoms with Crippen LogP contribution >= 0.6 is 23.2 Å². The third-order valence-electron chi connectivity index (χ3n) is 5.52. The molecule has 0 saturated carbocycles. The van der Waals surface area contributed by atoms with Gasteiger partial charge in [-0.15, -0.1) is 0 Å². The van der Waals surface area contributed by atoms with Crippen molar-refractivity contribution in [3.05, 3.63) is 93.2 Å². The van der Waals surface area contributed by atoms with Gasteiger partial charge in [-0.25, -0.2) is 0 Å². The van der Waals surface area contributed by atoms with E-state index in [4.69, 9.17) is 32.7 Å². The van der Waals surface area contributed by atoms with Gasteiger partial charge >= 0.3 is 0 Å². The molecule has 1 aliphatic rings. The number of amides is 1. The first-order valence-corrected chi connectivity index (χ1v) is 11.0. The summed E-state index contributed by atoms with van der Waals surface area (Å²) < 4.78 is 10.4. The number of ether oxygens (including phenoxy) is 2. The molecule has 0 bridgehead atoms. The van der Waals surface area contributed by atoms with E-state index in [1.807, 2.05) is 6.07 Å². The van der Waals surface area contributed by atoms with E-state index in [1.54, 1.807) is 49.8 Å². The minimum atomic E-state index is -0.853. The highest BCUT2D eigenvalue weighted by molar-refractivity contribution is 6.46. The van der Waals surface area contributed by atoms with Gasteiger partial charge in [0.1, 0.15) is 11.5 Å². The molecule has 1 saturated heterocycles. The van der Waals surface area contributed by atoms with Crippen LogP contribution in [0.4, 0.5) is 0 Å². The van der Waals surface area contributed by atoms with E-state index in [-0.39, 0.29) is 39.2 Å². The van der Waals surface area contributed by atoms with E-state index in [0.717, 1.165) is 5.56 Å². The number of aliphatic hydroxyl groups excluding tert-OH is 1. The topological polar surface area (TPSA) is 89.0 Å². The highest BCUT2D eigenvalue weighted by Gasteiger charge is 2.46. The number of halogens is 2. The maximum Gasteiger partial charge on any atom is 0.295 e. The number of aliphatic hydroxyl groups is 1. The molecule has 0 aliphatic carbocycles. The molecule has 1 N–H and O–H groups in total. The second-order valence-electron chi connectivity index (χ2n) is 7.53. The van der Waals surface area contributed by atoms with E-state index in [9.17, 15) is 14.7 Å². The van der Waals surface area contributed by atoms with Gasteiger partial charge < -0.3 is 19.5 Å². The minimum absolute atomic E-state index is 0.0728. The summed E-state index contributed by atoms with van der Waals surface area (Å²) in [6.07, 6.45) is 3.12. The Kier molecular flexibility index (Phi) is 6.77. The predicted molar refractivity (Wildman–Crippen MR) is 128 cm³/mol. The second-order valence-corrected chi connectivity index (χ2v) is 8.35. The Morgan fingerprint density at radius 1 is 1.03 bits per heavy atom. The maximum atomic E-state index is 13.2. The van der Waals surface area contributed by atoms with Gasteiger partial charge in [0.25, 0.3) is 11.7 Å². The Hall–Kier alpha value is -3.55. The zero-order valence-electron chi connectivity index (χ0n) is 18.3. The fourth-order valence-corrected chi connectivity index (χ4v) is 4.59. The molecule has 0 spiro atoms. The quantitative estimate of drug-likeness (QED) is 0.291. The average molecular weight is 499 g/mol. The van der Waals surface area contributed by atoms with Crippen LogP contribution in [0.25, 0.3) is 5.76 Å². The Balaban J connectivity index is 1.86. The molecule has 3 aromatic rings. The second kappa shape index (κ2) is 9.75. The fraction of sp³-hybridized carbons (Fsp3) is 0.160. The van der Waals surface area contributed by atoms with E-state index < -0.39 is 17.7 Å². The molecule has 1 aromatic heterocycles. The molecular formula is C25H20Cl2N2O5. The number of ketones is 1. The number of benzene rings is 2. The fourth-order valence-electron chi connectivity index (χ4n) is 3.95. The molecule has 1 unspecified atom stereocenters. The number of pyridine rings is 1. The van der Waals surface area contributed by atoms with Crippen LogP contribution in [0.5, 0.6) is 11.5 Å². The van der Waals surface area contributed by atoms with Crippen molar-refractivity contribution in [2.75, 3.05) is 14.2 Å². The van der Waals surface area contributed by atoms with Crippen LogP contribution in [-0.2, 0) is 16.1 Å². The first-order valence-electron chi connectivity index (χ1n) is 10.2. The van der Waals surface area contributed by atoms with Gasteiger partial charge in [-0.05, 0) is 47.5 Å².